The molecule has 0 radical (unpaired) electrons. The molecule has 0 bridgehead atoms. The first-order chi connectivity index (χ1) is 9.24. The first kappa shape index (κ1) is 14.2. The summed E-state index contributed by atoms with van der Waals surface area (Å²) in [4.78, 5) is 0. The highest BCUT2D eigenvalue weighted by atomic mass is 32.2. The van der Waals surface area contributed by atoms with E-state index in [0.29, 0.717) is 11.8 Å². The van der Waals surface area contributed by atoms with E-state index in [9.17, 15) is 5.11 Å². The molecular formula is C15H26O3S. The fourth-order valence-electron chi connectivity index (χ4n) is 4.05. The predicted octanol–water partition coefficient (Wildman–Crippen LogP) is 2.46. The molecule has 3 aliphatic heterocycles. The Labute approximate surface area is 120 Å². The predicted molar refractivity (Wildman–Crippen MR) is 77.5 cm³/mol. The summed E-state index contributed by atoms with van der Waals surface area (Å²) in [5.74, 6) is 3.09. The maximum Gasteiger partial charge on any atom is 0.0783 e. The lowest BCUT2D eigenvalue weighted by Crippen LogP contribution is -2.45. The van der Waals surface area contributed by atoms with Gasteiger partial charge in [-0.1, -0.05) is 6.92 Å². The summed E-state index contributed by atoms with van der Waals surface area (Å²) in [6.45, 7) is 3.81. The topological polar surface area (TPSA) is 38.7 Å². The lowest BCUT2D eigenvalue weighted by molar-refractivity contribution is -0.113. The fourth-order valence-corrected chi connectivity index (χ4v) is 5.42. The lowest BCUT2D eigenvalue weighted by Gasteiger charge is -2.41. The van der Waals surface area contributed by atoms with Crippen molar-refractivity contribution in [2.45, 2.75) is 56.8 Å². The van der Waals surface area contributed by atoms with Crippen LogP contribution in [-0.2, 0) is 9.47 Å². The third kappa shape index (κ3) is 2.82. The molecule has 1 spiro atoms. The molecule has 5 unspecified atom stereocenters. The van der Waals surface area contributed by atoms with Crippen LogP contribution in [-0.4, -0.2) is 47.6 Å². The molecule has 3 nitrogen and oxygen atoms in total. The average molecular weight is 286 g/mol. The van der Waals surface area contributed by atoms with Crippen molar-refractivity contribution in [3.8, 4) is 0 Å². The van der Waals surface area contributed by atoms with Gasteiger partial charge in [-0.25, -0.2) is 0 Å². The Balaban J connectivity index is 1.64. The SMILES string of the molecule is CCC1OCCC1C(O)C1CCOC2(CCSC2)C1. The van der Waals surface area contributed by atoms with E-state index in [1.54, 1.807) is 0 Å². The highest BCUT2D eigenvalue weighted by molar-refractivity contribution is 7.99. The normalized spacial score (nSPS) is 44.8. The second-order valence-electron chi connectivity index (χ2n) is 6.35. The Bertz CT molecular complexity index is 304. The van der Waals surface area contributed by atoms with E-state index < -0.39 is 0 Å². The molecule has 0 aliphatic carbocycles. The molecular weight excluding hydrogens is 260 g/mol. The largest absolute Gasteiger partial charge is 0.392 e. The Morgan fingerprint density at radius 2 is 2.26 bits per heavy atom. The van der Waals surface area contributed by atoms with Gasteiger partial charge in [-0.2, -0.15) is 11.8 Å². The molecule has 3 aliphatic rings. The first-order valence-corrected chi connectivity index (χ1v) is 8.91. The second-order valence-corrected chi connectivity index (χ2v) is 7.45. The van der Waals surface area contributed by atoms with Gasteiger partial charge in [0.15, 0.2) is 0 Å². The molecule has 0 aromatic heterocycles. The van der Waals surface area contributed by atoms with Gasteiger partial charge in [-0.3, -0.25) is 0 Å². The zero-order valence-corrected chi connectivity index (χ0v) is 12.7. The van der Waals surface area contributed by atoms with Crippen LogP contribution in [0.3, 0.4) is 0 Å². The van der Waals surface area contributed by atoms with Crippen LogP contribution in [0.5, 0.6) is 0 Å². The number of ether oxygens (including phenoxy) is 2. The molecule has 3 heterocycles. The van der Waals surface area contributed by atoms with Gasteiger partial charge in [0.25, 0.3) is 0 Å². The zero-order valence-electron chi connectivity index (χ0n) is 11.8. The van der Waals surface area contributed by atoms with Crippen molar-refractivity contribution in [3.63, 3.8) is 0 Å². The molecule has 0 aromatic carbocycles. The monoisotopic (exact) mass is 286 g/mol. The van der Waals surface area contributed by atoms with Gasteiger partial charge in [0, 0.05) is 24.9 Å². The molecule has 0 saturated carbocycles. The zero-order chi connectivity index (χ0) is 13.3. The molecule has 110 valence electrons. The average Bonchev–Trinajstić information content (AvgIpc) is 3.07. The Kier molecular flexibility index (Phi) is 4.42. The molecule has 4 heteroatoms. The fraction of sp³-hybridized carbons (Fsp3) is 1.00. The molecule has 1 N–H and O–H groups in total. The Morgan fingerprint density at radius 3 is 3.00 bits per heavy atom. The van der Waals surface area contributed by atoms with Crippen LogP contribution in [0.2, 0.25) is 0 Å². The second kappa shape index (κ2) is 5.92. The molecule has 0 aromatic rings. The van der Waals surface area contributed by atoms with Crippen molar-refractivity contribution >= 4 is 11.8 Å². The molecule has 19 heavy (non-hydrogen) atoms. The van der Waals surface area contributed by atoms with Crippen molar-refractivity contribution in [2.24, 2.45) is 11.8 Å². The maximum absolute atomic E-state index is 10.8. The van der Waals surface area contributed by atoms with Gasteiger partial charge in [0.05, 0.1) is 17.8 Å². The van der Waals surface area contributed by atoms with Crippen LogP contribution >= 0.6 is 11.8 Å². The van der Waals surface area contributed by atoms with E-state index in [4.69, 9.17) is 9.47 Å². The standard InChI is InChI=1S/C15H26O3S/c1-2-13-12(4-6-17-13)14(16)11-3-7-18-15(9-11)5-8-19-10-15/h11-14,16H,2-10H2,1H3. The van der Waals surface area contributed by atoms with Gasteiger partial charge in [0.2, 0.25) is 0 Å². The van der Waals surface area contributed by atoms with Crippen molar-refractivity contribution in [1.29, 1.82) is 0 Å². The summed E-state index contributed by atoms with van der Waals surface area (Å²) < 4.78 is 11.8. The lowest BCUT2D eigenvalue weighted by atomic mass is 9.76. The van der Waals surface area contributed by atoms with E-state index in [1.807, 2.05) is 11.8 Å². The van der Waals surface area contributed by atoms with E-state index in [2.05, 4.69) is 6.92 Å². The minimum atomic E-state index is -0.196. The highest BCUT2D eigenvalue weighted by Crippen LogP contribution is 2.43. The number of rotatable bonds is 3. The minimum absolute atomic E-state index is 0.0791. The maximum atomic E-state index is 10.8. The summed E-state index contributed by atoms with van der Waals surface area (Å²) >= 11 is 2.00. The number of thioether (sulfide) groups is 1. The third-order valence-electron chi connectivity index (χ3n) is 5.18. The van der Waals surface area contributed by atoms with Crippen molar-refractivity contribution in [2.75, 3.05) is 24.7 Å². The summed E-state index contributed by atoms with van der Waals surface area (Å²) in [6.07, 6.45) is 5.35. The Hall–Kier alpha value is 0.230. The smallest absolute Gasteiger partial charge is 0.0783 e. The van der Waals surface area contributed by atoms with Gasteiger partial charge in [0.1, 0.15) is 0 Å². The van der Waals surface area contributed by atoms with Crippen LogP contribution in [0.15, 0.2) is 0 Å². The quantitative estimate of drug-likeness (QED) is 0.865. The van der Waals surface area contributed by atoms with E-state index in [0.717, 1.165) is 44.6 Å². The van der Waals surface area contributed by atoms with Gasteiger partial charge in [-0.05, 0) is 43.8 Å². The summed E-state index contributed by atoms with van der Waals surface area (Å²) in [7, 11) is 0. The van der Waals surface area contributed by atoms with Crippen molar-refractivity contribution in [1.82, 2.24) is 0 Å². The first-order valence-electron chi connectivity index (χ1n) is 7.75. The number of hydrogen-bond acceptors (Lipinski definition) is 4. The Morgan fingerprint density at radius 1 is 1.37 bits per heavy atom. The van der Waals surface area contributed by atoms with Gasteiger partial charge in [-0.15, -0.1) is 0 Å². The van der Waals surface area contributed by atoms with Crippen molar-refractivity contribution in [3.05, 3.63) is 0 Å². The summed E-state index contributed by atoms with van der Waals surface area (Å²) in [5.41, 5.74) is 0.0791. The molecule has 3 fully saturated rings. The van der Waals surface area contributed by atoms with E-state index >= 15 is 0 Å². The van der Waals surface area contributed by atoms with Gasteiger partial charge >= 0.3 is 0 Å². The van der Waals surface area contributed by atoms with Crippen LogP contribution in [0.25, 0.3) is 0 Å². The molecule has 3 rings (SSSR count). The minimum Gasteiger partial charge on any atom is -0.392 e. The van der Waals surface area contributed by atoms with Crippen LogP contribution in [0.1, 0.15) is 39.0 Å². The highest BCUT2D eigenvalue weighted by Gasteiger charge is 2.45. The van der Waals surface area contributed by atoms with Crippen LogP contribution in [0, 0.1) is 11.8 Å². The number of aliphatic hydroxyl groups is 1. The summed E-state index contributed by atoms with van der Waals surface area (Å²) in [6, 6.07) is 0. The number of aliphatic hydroxyl groups excluding tert-OH is 1. The van der Waals surface area contributed by atoms with Gasteiger partial charge < -0.3 is 14.6 Å². The number of hydrogen-bond donors (Lipinski definition) is 1. The van der Waals surface area contributed by atoms with E-state index in [-0.39, 0.29) is 17.8 Å². The van der Waals surface area contributed by atoms with Crippen molar-refractivity contribution < 1.29 is 14.6 Å². The van der Waals surface area contributed by atoms with Crippen LogP contribution in [0.4, 0.5) is 0 Å². The summed E-state index contributed by atoms with van der Waals surface area (Å²) in [5, 5.41) is 10.8. The molecule has 5 atom stereocenters. The van der Waals surface area contributed by atoms with E-state index in [1.165, 1.54) is 12.2 Å². The molecule has 0 amide bonds. The molecule has 3 saturated heterocycles. The van der Waals surface area contributed by atoms with Crippen LogP contribution < -0.4 is 0 Å². The third-order valence-corrected chi connectivity index (χ3v) is 6.41.